The van der Waals surface area contributed by atoms with Crippen LogP contribution in [-0.2, 0) is 16.4 Å². The lowest BCUT2D eigenvalue weighted by Gasteiger charge is -2.13. The lowest BCUT2D eigenvalue weighted by atomic mass is 9.99. The van der Waals surface area contributed by atoms with Gasteiger partial charge in [0.05, 0.1) is 16.9 Å². The van der Waals surface area contributed by atoms with Gasteiger partial charge in [0.1, 0.15) is 11.4 Å². The largest absolute Gasteiger partial charge is 0.496 e. The van der Waals surface area contributed by atoms with Crippen LogP contribution >= 0.6 is 11.8 Å². The molecule has 0 heterocycles. The minimum absolute atomic E-state index is 0.116. The number of thioether (sulfide) groups is 1. The molecule has 0 aliphatic carbocycles. The van der Waals surface area contributed by atoms with Crippen molar-refractivity contribution in [2.45, 2.75) is 22.6 Å². The summed E-state index contributed by atoms with van der Waals surface area (Å²) in [4.78, 5) is 26.8. The van der Waals surface area contributed by atoms with Crippen molar-refractivity contribution in [3.8, 4) is 16.9 Å². The van der Waals surface area contributed by atoms with Gasteiger partial charge in [0.15, 0.2) is 0 Å². The number of ether oxygens (including phenoxy) is 1. The van der Waals surface area contributed by atoms with Crippen LogP contribution in [0.2, 0.25) is 0 Å². The maximum atomic E-state index is 13.0. The van der Waals surface area contributed by atoms with Gasteiger partial charge in [0.25, 0.3) is 21.6 Å². The van der Waals surface area contributed by atoms with Crippen LogP contribution < -0.4 is 14.8 Å². The molecular formula is C33H36N4O6S2. The van der Waals surface area contributed by atoms with Crippen molar-refractivity contribution in [1.29, 1.82) is 0 Å². The first-order valence-corrected chi connectivity index (χ1v) is 16.7. The summed E-state index contributed by atoms with van der Waals surface area (Å²) < 4.78 is 33.7. The van der Waals surface area contributed by atoms with E-state index in [-0.39, 0.29) is 11.3 Å². The Balaban J connectivity index is 1.41. The van der Waals surface area contributed by atoms with E-state index in [0.717, 1.165) is 47.0 Å². The molecule has 1 amide bonds. The molecule has 2 N–H and O–H groups in total. The van der Waals surface area contributed by atoms with Crippen LogP contribution in [0.1, 0.15) is 22.3 Å². The number of rotatable bonds is 15. The summed E-state index contributed by atoms with van der Waals surface area (Å²) in [6.45, 7) is 1.41. The maximum Gasteiger partial charge on any atom is 0.293 e. The molecule has 0 unspecified atom stereocenters. The first-order chi connectivity index (χ1) is 21.6. The van der Waals surface area contributed by atoms with Gasteiger partial charge >= 0.3 is 0 Å². The number of carbonyl (C=O) groups excluding carboxylic acids is 1. The molecule has 4 aromatic carbocycles. The Hall–Kier alpha value is -4.39. The molecular weight excluding hydrogens is 613 g/mol. The molecule has 0 saturated carbocycles. The second kappa shape index (κ2) is 15.6. The Bertz CT molecular complexity index is 1730. The Morgan fingerprint density at radius 1 is 0.978 bits per heavy atom. The van der Waals surface area contributed by atoms with Gasteiger partial charge in [-0.3, -0.25) is 14.9 Å². The summed E-state index contributed by atoms with van der Waals surface area (Å²) in [5.74, 6) is 0.490. The van der Waals surface area contributed by atoms with Crippen LogP contribution in [0.3, 0.4) is 0 Å². The van der Waals surface area contributed by atoms with Crippen LogP contribution in [0, 0.1) is 10.1 Å². The van der Waals surface area contributed by atoms with E-state index >= 15 is 0 Å². The quantitative estimate of drug-likeness (QED) is 0.0681. The molecule has 12 heteroatoms. The Morgan fingerprint density at radius 2 is 1.71 bits per heavy atom. The molecule has 0 aromatic heterocycles. The SMILES string of the molecule is COc1cc(CCCN(C)C)ccc1-c1ccc(C(=O)NS(=O)(=O)c2ccc(NCCSc3ccccc3)c([N+](=O)[O-])c2)cc1. The van der Waals surface area contributed by atoms with Gasteiger partial charge < -0.3 is 15.0 Å². The van der Waals surface area contributed by atoms with Gasteiger partial charge in [-0.15, -0.1) is 11.8 Å². The first kappa shape index (κ1) is 33.5. The standard InChI is InChI=1S/C33H36N4O6S2/c1-36(2)20-7-8-24-11-17-29(32(22-24)43-3)25-12-14-26(15-13-25)33(38)35-45(41,42)28-16-18-30(31(23-28)37(39)40)34-19-21-44-27-9-5-4-6-10-27/h4-6,9-18,22-23,34H,7-8,19-21H2,1-3H3,(H,35,38). The average Bonchev–Trinajstić information content (AvgIpc) is 3.03. The van der Waals surface area contributed by atoms with Crippen molar-refractivity contribution in [3.63, 3.8) is 0 Å². The molecule has 0 aliphatic rings. The number of benzene rings is 4. The zero-order chi connectivity index (χ0) is 32.4. The van der Waals surface area contributed by atoms with Gasteiger partial charge in [-0.25, -0.2) is 13.1 Å². The summed E-state index contributed by atoms with van der Waals surface area (Å²) in [6.07, 6.45) is 1.93. The third-order valence-electron chi connectivity index (χ3n) is 6.93. The number of nitrogens with one attached hydrogen (secondary N) is 2. The molecule has 0 radical (unpaired) electrons. The number of nitro groups is 1. The summed E-state index contributed by atoms with van der Waals surface area (Å²) in [6, 6.07) is 25.7. The average molecular weight is 649 g/mol. The van der Waals surface area contributed by atoms with Gasteiger partial charge in [0.2, 0.25) is 0 Å². The Morgan fingerprint density at radius 3 is 2.38 bits per heavy atom. The van der Waals surface area contributed by atoms with Crippen molar-refractivity contribution in [3.05, 3.63) is 112 Å². The normalized spacial score (nSPS) is 11.3. The number of hydrogen-bond donors (Lipinski definition) is 2. The van der Waals surface area contributed by atoms with Crippen LogP contribution in [0.25, 0.3) is 11.1 Å². The van der Waals surface area contributed by atoms with Crippen LogP contribution in [0.15, 0.2) is 101 Å². The molecule has 0 fully saturated rings. The summed E-state index contributed by atoms with van der Waals surface area (Å²) in [7, 11) is 1.29. The lowest BCUT2D eigenvalue weighted by molar-refractivity contribution is -0.384. The third kappa shape index (κ3) is 9.30. The van der Waals surface area contributed by atoms with E-state index in [1.54, 1.807) is 31.0 Å². The number of carbonyl (C=O) groups is 1. The molecule has 0 atom stereocenters. The molecule has 0 saturated heterocycles. The Labute approximate surface area is 268 Å². The molecule has 0 aliphatic heterocycles. The number of aryl methyl sites for hydroxylation is 1. The predicted octanol–water partition coefficient (Wildman–Crippen LogP) is 6.09. The number of anilines is 1. The maximum absolute atomic E-state index is 13.0. The predicted molar refractivity (Wildman–Crippen MR) is 179 cm³/mol. The molecule has 4 rings (SSSR count). The number of methoxy groups -OCH3 is 1. The molecule has 0 bridgehead atoms. The number of sulfonamides is 1. The van der Waals surface area contributed by atoms with E-state index in [1.165, 1.54) is 24.3 Å². The number of nitrogens with zero attached hydrogens (tertiary/aromatic N) is 2. The van der Waals surface area contributed by atoms with Crippen LogP contribution in [-0.4, -0.2) is 64.2 Å². The zero-order valence-corrected chi connectivity index (χ0v) is 27.0. The van der Waals surface area contributed by atoms with Gasteiger partial charge in [-0.2, -0.15) is 0 Å². The highest BCUT2D eigenvalue weighted by Crippen LogP contribution is 2.32. The highest BCUT2D eigenvalue weighted by atomic mass is 32.2. The number of nitro benzene ring substituents is 1. The van der Waals surface area contributed by atoms with E-state index in [1.807, 2.05) is 67.3 Å². The van der Waals surface area contributed by atoms with Crippen LogP contribution in [0.4, 0.5) is 11.4 Å². The summed E-state index contributed by atoms with van der Waals surface area (Å²) >= 11 is 1.59. The van der Waals surface area contributed by atoms with E-state index in [4.69, 9.17) is 4.74 Å². The molecule has 236 valence electrons. The van der Waals surface area contributed by atoms with Gasteiger partial charge in [-0.1, -0.05) is 42.5 Å². The number of hydrogen-bond acceptors (Lipinski definition) is 9. The highest BCUT2D eigenvalue weighted by Gasteiger charge is 2.24. The first-order valence-electron chi connectivity index (χ1n) is 14.3. The summed E-state index contributed by atoms with van der Waals surface area (Å²) in [5.41, 5.74) is 2.69. The van der Waals surface area contributed by atoms with Crippen LogP contribution in [0.5, 0.6) is 5.75 Å². The van der Waals surface area contributed by atoms with E-state index < -0.39 is 31.4 Å². The van der Waals surface area contributed by atoms with Gasteiger partial charge in [-0.05, 0) is 87.1 Å². The fraction of sp³-hybridized carbons (Fsp3) is 0.242. The van der Waals surface area contributed by atoms with Gasteiger partial charge in [0, 0.05) is 34.4 Å². The monoisotopic (exact) mass is 648 g/mol. The molecule has 10 nitrogen and oxygen atoms in total. The molecule has 45 heavy (non-hydrogen) atoms. The minimum Gasteiger partial charge on any atom is -0.496 e. The van der Waals surface area contributed by atoms with Crippen molar-refractivity contribution in [1.82, 2.24) is 9.62 Å². The third-order valence-corrected chi connectivity index (χ3v) is 9.27. The molecule has 0 spiro atoms. The van der Waals surface area contributed by atoms with E-state index in [9.17, 15) is 23.3 Å². The lowest BCUT2D eigenvalue weighted by Crippen LogP contribution is -2.30. The second-order valence-electron chi connectivity index (χ2n) is 10.5. The van der Waals surface area contributed by atoms with Crippen molar-refractivity contribution in [2.75, 3.05) is 45.4 Å². The van der Waals surface area contributed by atoms with Crippen molar-refractivity contribution < 1.29 is 22.9 Å². The summed E-state index contributed by atoms with van der Waals surface area (Å²) in [5, 5.41) is 14.7. The minimum atomic E-state index is -4.39. The number of amides is 1. The Kier molecular flexibility index (Phi) is 11.6. The zero-order valence-electron chi connectivity index (χ0n) is 25.4. The fourth-order valence-corrected chi connectivity index (χ4v) is 6.40. The topological polar surface area (TPSA) is 131 Å². The van der Waals surface area contributed by atoms with E-state index in [0.29, 0.717) is 18.0 Å². The van der Waals surface area contributed by atoms with Crippen molar-refractivity contribution in [2.24, 2.45) is 0 Å². The molecule has 4 aromatic rings. The van der Waals surface area contributed by atoms with E-state index in [2.05, 4.69) is 10.2 Å². The highest BCUT2D eigenvalue weighted by molar-refractivity contribution is 7.99. The second-order valence-corrected chi connectivity index (χ2v) is 13.3. The fourth-order valence-electron chi connectivity index (χ4n) is 4.62. The smallest absolute Gasteiger partial charge is 0.293 e. The van der Waals surface area contributed by atoms with Crippen molar-refractivity contribution >= 4 is 39.1 Å².